The third-order valence-electron chi connectivity index (χ3n) is 3.53. The maximum absolute atomic E-state index is 5.96. The van der Waals surface area contributed by atoms with Crippen LogP contribution in [-0.4, -0.2) is 44.2 Å². The van der Waals surface area contributed by atoms with E-state index in [0.29, 0.717) is 18.5 Å². The van der Waals surface area contributed by atoms with E-state index in [1.54, 1.807) is 0 Å². The maximum atomic E-state index is 5.96. The Hall–Kier alpha value is -0.580. The predicted molar refractivity (Wildman–Crippen MR) is 81.0 cm³/mol. The van der Waals surface area contributed by atoms with Crippen LogP contribution >= 0.6 is 15.9 Å². The average molecular weight is 312 g/mol. The Morgan fingerprint density at radius 2 is 1.89 bits per heavy atom. The number of rotatable bonds is 2. The van der Waals surface area contributed by atoms with Gasteiger partial charge in [0.1, 0.15) is 0 Å². The Labute approximate surface area is 118 Å². The van der Waals surface area contributed by atoms with Gasteiger partial charge in [-0.3, -0.25) is 0 Å². The van der Waals surface area contributed by atoms with Crippen molar-refractivity contribution in [3.05, 3.63) is 28.7 Å². The van der Waals surface area contributed by atoms with Crippen molar-refractivity contribution >= 4 is 21.6 Å². The van der Waals surface area contributed by atoms with E-state index >= 15 is 0 Å². The molecule has 4 heteroatoms. The minimum Gasteiger partial charge on any atom is -0.366 e. The molecule has 3 nitrogen and oxygen atoms in total. The molecule has 100 valence electrons. The first-order valence-electron chi connectivity index (χ1n) is 6.51. The lowest BCUT2D eigenvalue weighted by atomic mass is 10.1. The molecule has 0 aromatic heterocycles. The fraction of sp³-hybridized carbons (Fsp3) is 0.571. The van der Waals surface area contributed by atoms with Gasteiger partial charge in [-0.05, 0) is 37.2 Å². The number of anilines is 1. The number of likely N-dealkylation sites (N-methyl/N-ethyl adjacent to an activating group) is 1. The molecule has 0 amide bonds. The molecule has 2 unspecified atom stereocenters. The van der Waals surface area contributed by atoms with Crippen LogP contribution in [0.1, 0.15) is 6.92 Å². The second-order valence-electron chi connectivity index (χ2n) is 5.34. The van der Waals surface area contributed by atoms with Gasteiger partial charge < -0.3 is 15.5 Å². The Balaban J connectivity index is 2.24. The summed E-state index contributed by atoms with van der Waals surface area (Å²) in [6, 6.07) is 8.95. The second-order valence-corrected chi connectivity index (χ2v) is 6.26. The smallest absolute Gasteiger partial charge is 0.0539 e. The Morgan fingerprint density at radius 3 is 2.50 bits per heavy atom. The van der Waals surface area contributed by atoms with E-state index in [0.717, 1.165) is 24.1 Å². The zero-order valence-corrected chi connectivity index (χ0v) is 12.7. The van der Waals surface area contributed by atoms with Gasteiger partial charge in [0.05, 0.1) is 6.04 Å². The van der Waals surface area contributed by atoms with Crippen LogP contribution in [0.3, 0.4) is 0 Å². The van der Waals surface area contributed by atoms with Crippen LogP contribution in [0.2, 0.25) is 0 Å². The quantitative estimate of drug-likeness (QED) is 0.908. The highest BCUT2D eigenvalue weighted by Gasteiger charge is 2.25. The van der Waals surface area contributed by atoms with Crippen LogP contribution in [0.4, 0.5) is 5.69 Å². The number of halogens is 1. The molecule has 0 aliphatic carbocycles. The number of benzene rings is 1. The first-order valence-corrected chi connectivity index (χ1v) is 7.30. The van der Waals surface area contributed by atoms with Crippen molar-refractivity contribution in [2.45, 2.75) is 13.0 Å². The van der Waals surface area contributed by atoms with Crippen molar-refractivity contribution in [2.75, 3.05) is 38.1 Å². The van der Waals surface area contributed by atoms with Gasteiger partial charge in [0, 0.05) is 36.3 Å². The SMILES string of the molecule is CC1CN(C)CC(CN)N(c2ccc(Br)cc2)C1. The van der Waals surface area contributed by atoms with Gasteiger partial charge in [-0.1, -0.05) is 22.9 Å². The summed E-state index contributed by atoms with van der Waals surface area (Å²) < 4.78 is 1.12. The van der Waals surface area contributed by atoms with Crippen LogP contribution in [0.5, 0.6) is 0 Å². The summed E-state index contributed by atoms with van der Waals surface area (Å²) in [5.74, 6) is 0.662. The normalized spacial score (nSPS) is 26.1. The van der Waals surface area contributed by atoms with Gasteiger partial charge in [-0.25, -0.2) is 0 Å². The summed E-state index contributed by atoms with van der Waals surface area (Å²) in [6.07, 6.45) is 0. The van der Waals surface area contributed by atoms with E-state index in [9.17, 15) is 0 Å². The number of hydrogen-bond donors (Lipinski definition) is 1. The highest BCUT2D eigenvalue weighted by atomic mass is 79.9. The highest BCUT2D eigenvalue weighted by molar-refractivity contribution is 9.10. The van der Waals surface area contributed by atoms with Crippen LogP contribution in [0, 0.1) is 5.92 Å². The van der Waals surface area contributed by atoms with E-state index in [4.69, 9.17) is 5.73 Å². The molecule has 0 radical (unpaired) electrons. The molecule has 1 fully saturated rings. The molecule has 1 heterocycles. The number of nitrogens with two attached hydrogens (primary N) is 1. The van der Waals surface area contributed by atoms with Crippen molar-refractivity contribution in [3.63, 3.8) is 0 Å². The standard InChI is InChI=1S/C14H22BrN3/c1-11-8-17(2)10-14(7-16)18(9-11)13-5-3-12(15)4-6-13/h3-6,11,14H,7-10,16H2,1-2H3. The Kier molecular flexibility index (Phi) is 4.65. The Morgan fingerprint density at radius 1 is 1.22 bits per heavy atom. The van der Waals surface area contributed by atoms with Gasteiger partial charge in [-0.15, -0.1) is 0 Å². The fourth-order valence-corrected chi connectivity index (χ4v) is 3.02. The van der Waals surface area contributed by atoms with Crippen LogP contribution in [-0.2, 0) is 0 Å². The van der Waals surface area contributed by atoms with E-state index < -0.39 is 0 Å². The van der Waals surface area contributed by atoms with Gasteiger partial charge in [-0.2, -0.15) is 0 Å². The third-order valence-corrected chi connectivity index (χ3v) is 4.05. The lowest BCUT2D eigenvalue weighted by molar-refractivity contribution is 0.304. The van der Waals surface area contributed by atoms with Crippen LogP contribution in [0.15, 0.2) is 28.7 Å². The molecule has 18 heavy (non-hydrogen) atoms. The molecule has 1 saturated heterocycles. The highest BCUT2D eigenvalue weighted by Crippen LogP contribution is 2.23. The molecule has 2 rings (SSSR count). The van der Waals surface area contributed by atoms with E-state index in [2.05, 4.69) is 64.0 Å². The van der Waals surface area contributed by atoms with E-state index in [1.165, 1.54) is 5.69 Å². The van der Waals surface area contributed by atoms with Gasteiger partial charge >= 0.3 is 0 Å². The number of hydrogen-bond acceptors (Lipinski definition) is 3. The molecule has 1 aromatic carbocycles. The summed E-state index contributed by atoms with van der Waals surface area (Å²) in [6.45, 7) is 6.27. The van der Waals surface area contributed by atoms with Crippen molar-refractivity contribution in [3.8, 4) is 0 Å². The van der Waals surface area contributed by atoms with Crippen molar-refractivity contribution in [1.29, 1.82) is 0 Å². The molecule has 0 bridgehead atoms. The van der Waals surface area contributed by atoms with Crippen LogP contribution < -0.4 is 10.6 Å². The summed E-state index contributed by atoms with van der Waals surface area (Å²) in [5, 5.41) is 0. The summed E-state index contributed by atoms with van der Waals surface area (Å²) in [7, 11) is 2.18. The molecular weight excluding hydrogens is 290 g/mol. The van der Waals surface area contributed by atoms with Gasteiger partial charge in [0.25, 0.3) is 0 Å². The fourth-order valence-electron chi connectivity index (χ4n) is 2.76. The topological polar surface area (TPSA) is 32.5 Å². The molecule has 0 spiro atoms. The first kappa shape index (κ1) is 13.8. The molecule has 1 aliphatic heterocycles. The molecule has 2 atom stereocenters. The molecule has 1 aromatic rings. The zero-order chi connectivity index (χ0) is 13.1. The monoisotopic (exact) mass is 311 g/mol. The van der Waals surface area contributed by atoms with Crippen LogP contribution in [0.25, 0.3) is 0 Å². The van der Waals surface area contributed by atoms with Crippen molar-refractivity contribution < 1.29 is 0 Å². The average Bonchev–Trinajstić information content (AvgIpc) is 2.48. The molecule has 0 saturated carbocycles. The van der Waals surface area contributed by atoms with Gasteiger partial charge in [0.15, 0.2) is 0 Å². The predicted octanol–water partition coefficient (Wildman–Crippen LogP) is 2.16. The molecule has 1 aliphatic rings. The zero-order valence-electron chi connectivity index (χ0n) is 11.1. The van der Waals surface area contributed by atoms with E-state index in [1.807, 2.05) is 0 Å². The second kappa shape index (κ2) is 6.04. The lowest BCUT2D eigenvalue weighted by Gasteiger charge is -2.32. The molecular formula is C14H22BrN3. The van der Waals surface area contributed by atoms with Gasteiger partial charge in [0.2, 0.25) is 0 Å². The largest absolute Gasteiger partial charge is 0.366 e. The summed E-state index contributed by atoms with van der Waals surface area (Å²) in [4.78, 5) is 4.85. The maximum Gasteiger partial charge on any atom is 0.0539 e. The minimum absolute atomic E-state index is 0.404. The lowest BCUT2D eigenvalue weighted by Crippen LogP contribution is -2.45. The number of nitrogens with zero attached hydrogens (tertiary/aromatic N) is 2. The third kappa shape index (κ3) is 3.25. The Bertz CT molecular complexity index is 379. The first-order chi connectivity index (χ1) is 8.60. The summed E-state index contributed by atoms with van der Waals surface area (Å²) in [5.41, 5.74) is 7.23. The van der Waals surface area contributed by atoms with Crippen molar-refractivity contribution in [2.24, 2.45) is 11.7 Å². The minimum atomic E-state index is 0.404. The molecule has 2 N–H and O–H groups in total. The van der Waals surface area contributed by atoms with E-state index in [-0.39, 0.29) is 0 Å². The van der Waals surface area contributed by atoms with Crippen molar-refractivity contribution in [1.82, 2.24) is 4.90 Å². The summed E-state index contributed by atoms with van der Waals surface area (Å²) >= 11 is 3.49.